The normalized spacial score (nSPS) is 10.7. The Morgan fingerprint density at radius 3 is 2.38 bits per heavy atom. The van der Waals surface area contributed by atoms with Gasteiger partial charge < -0.3 is 20.1 Å². The van der Waals surface area contributed by atoms with Crippen LogP contribution in [0.2, 0.25) is 0 Å². The number of benzene rings is 1. The van der Waals surface area contributed by atoms with Crippen LogP contribution in [0.25, 0.3) is 0 Å². The summed E-state index contributed by atoms with van der Waals surface area (Å²) in [4.78, 5) is 11.5. The van der Waals surface area contributed by atoms with E-state index in [1.807, 2.05) is 0 Å². The zero-order valence-electron chi connectivity index (χ0n) is 11.2. The lowest BCUT2D eigenvalue weighted by atomic mass is 10.3. The minimum atomic E-state index is -4.73. The average Bonchev–Trinajstić information content (AvgIpc) is 2.35. The molecule has 1 amide bonds. The predicted octanol–water partition coefficient (Wildman–Crippen LogP) is 2.18. The first-order valence-electron chi connectivity index (χ1n) is 5.76. The molecule has 21 heavy (non-hydrogen) atoms. The molecule has 0 aliphatic heterocycles. The maximum absolute atomic E-state index is 11.9. The topological polar surface area (TPSA) is 59.6 Å². The largest absolute Gasteiger partial charge is 0.573 e. The first-order chi connectivity index (χ1) is 9.40. The number of hydrogen-bond donors (Lipinski definition) is 2. The molecule has 0 unspecified atom stereocenters. The highest BCUT2D eigenvalue weighted by atomic mass is 35.5. The van der Waals surface area contributed by atoms with E-state index in [1.54, 1.807) is 7.11 Å². The van der Waals surface area contributed by atoms with Crippen LogP contribution in [0.15, 0.2) is 24.3 Å². The fraction of sp³-hybridized carbons (Fsp3) is 0.417. The zero-order chi connectivity index (χ0) is 15.0. The Labute approximate surface area is 126 Å². The lowest BCUT2D eigenvalue weighted by Gasteiger charge is -2.10. The highest BCUT2D eigenvalue weighted by Gasteiger charge is 2.30. The quantitative estimate of drug-likeness (QED) is 0.753. The van der Waals surface area contributed by atoms with Gasteiger partial charge in [-0.2, -0.15) is 0 Å². The highest BCUT2D eigenvalue weighted by Crippen LogP contribution is 2.23. The van der Waals surface area contributed by atoms with Crippen molar-refractivity contribution in [2.45, 2.75) is 6.36 Å². The van der Waals surface area contributed by atoms with Crippen LogP contribution < -0.4 is 15.4 Å². The molecule has 0 spiro atoms. The van der Waals surface area contributed by atoms with Gasteiger partial charge in [-0.3, -0.25) is 4.79 Å². The van der Waals surface area contributed by atoms with E-state index in [9.17, 15) is 18.0 Å². The summed E-state index contributed by atoms with van der Waals surface area (Å²) in [7, 11) is 1.55. The fourth-order valence-electron chi connectivity index (χ4n) is 1.32. The van der Waals surface area contributed by atoms with Gasteiger partial charge in [-0.15, -0.1) is 25.6 Å². The second-order valence-corrected chi connectivity index (χ2v) is 3.79. The first-order valence-corrected chi connectivity index (χ1v) is 5.76. The van der Waals surface area contributed by atoms with Crippen LogP contribution in [0.3, 0.4) is 0 Å². The summed E-state index contributed by atoms with van der Waals surface area (Å²) in [5.74, 6) is -0.640. The average molecular weight is 329 g/mol. The second kappa shape index (κ2) is 9.43. The van der Waals surface area contributed by atoms with E-state index in [-0.39, 0.29) is 30.6 Å². The van der Waals surface area contributed by atoms with Crippen LogP contribution >= 0.6 is 12.4 Å². The SMILES string of the molecule is COCCNCC(=O)Nc1ccc(OC(F)(F)F)cc1.Cl. The van der Waals surface area contributed by atoms with Gasteiger partial charge in [0.25, 0.3) is 0 Å². The number of carbonyl (C=O) groups is 1. The maximum atomic E-state index is 11.9. The molecule has 1 aromatic rings. The van der Waals surface area contributed by atoms with Crippen LogP contribution in [-0.4, -0.2) is 39.1 Å². The van der Waals surface area contributed by atoms with E-state index in [4.69, 9.17) is 4.74 Å². The Hall–Kier alpha value is -1.51. The number of anilines is 1. The molecule has 0 saturated carbocycles. The van der Waals surface area contributed by atoms with Gasteiger partial charge in [0.2, 0.25) is 5.91 Å². The number of halogens is 4. The third-order valence-corrected chi connectivity index (χ3v) is 2.14. The molecular formula is C12H16ClF3N2O3. The van der Waals surface area contributed by atoms with Crippen molar-refractivity contribution in [2.24, 2.45) is 0 Å². The van der Waals surface area contributed by atoms with E-state index >= 15 is 0 Å². The van der Waals surface area contributed by atoms with E-state index in [2.05, 4.69) is 15.4 Å². The summed E-state index contributed by atoms with van der Waals surface area (Å²) >= 11 is 0. The van der Waals surface area contributed by atoms with Crippen molar-refractivity contribution in [3.63, 3.8) is 0 Å². The van der Waals surface area contributed by atoms with Crippen molar-refractivity contribution in [3.8, 4) is 5.75 Å². The molecule has 0 aromatic heterocycles. The van der Waals surface area contributed by atoms with Gasteiger partial charge in [0.05, 0.1) is 13.2 Å². The minimum Gasteiger partial charge on any atom is -0.406 e. The smallest absolute Gasteiger partial charge is 0.406 e. The molecule has 0 bridgehead atoms. The molecule has 0 aliphatic rings. The third-order valence-electron chi connectivity index (χ3n) is 2.14. The van der Waals surface area contributed by atoms with E-state index < -0.39 is 6.36 Å². The van der Waals surface area contributed by atoms with Crippen LogP contribution in [-0.2, 0) is 9.53 Å². The predicted molar refractivity (Wildman–Crippen MR) is 73.7 cm³/mol. The molecule has 0 saturated heterocycles. The van der Waals surface area contributed by atoms with Gasteiger partial charge >= 0.3 is 6.36 Å². The number of nitrogens with one attached hydrogen (secondary N) is 2. The number of methoxy groups -OCH3 is 1. The van der Waals surface area contributed by atoms with Gasteiger partial charge in [0.1, 0.15) is 5.75 Å². The van der Waals surface area contributed by atoms with Crippen LogP contribution in [0.1, 0.15) is 0 Å². The standard InChI is InChI=1S/C12H15F3N2O3.ClH/c1-19-7-6-16-8-11(18)17-9-2-4-10(5-3-9)20-12(13,14)15;/h2-5,16H,6-8H2,1H3,(H,17,18);1H. The van der Waals surface area contributed by atoms with E-state index in [0.717, 1.165) is 12.1 Å². The molecule has 0 atom stereocenters. The van der Waals surface area contributed by atoms with E-state index in [0.29, 0.717) is 18.8 Å². The summed E-state index contributed by atoms with van der Waals surface area (Å²) in [5, 5.41) is 5.37. The number of hydrogen-bond acceptors (Lipinski definition) is 4. The summed E-state index contributed by atoms with van der Waals surface area (Å²) in [5.41, 5.74) is 0.387. The van der Waals surface area contributed by atoms with Crippen molar-refractivity contribution in [2.75, 3.05) is 32.1 Å². The van der Waals surface area contributed by atoms with Gasteiger partial charge in [-0.25, -0.2) is 0 Å². The van der Waals surface area contributed by atoms with Crippen LogP contribution in [0, 0.1) is 0 Å². The number of rotatable bonds is 7. The van der Waals surface area contributed by atoms with Gasteiger partial charge in [0, 0.05) is 19.3 Å². The van der Waals surface area contributed by atoms with Crippen molar-refractivity contribution in [1.29, 1.82) is 0 Å². The molecule has 0 radical (unpaired) electrons. The molecule has 2 N–H and O–H groups in total. The molecular weight excluding hydrogens is 313 g/mol. The molecule has 120 valence electrons. The lowest BCUT2D eigenvalue weighted by Crippen LogP contribution is -2.30. The molecule has 5 nitrogen and oxygen atoms in total. The fourth-order valence-corrected chi connectivity index (χ4v) is 1.32. The van der Waals surface area contributed by atoms with Crippen molar-refractivity contribution in [3.05, 3.63) is 24.3 Å². The summed E-state index contributed by atoms with van der Waals surface area (Å²) in [6, 6.07) is 4.91. The Morgan fingerprint density at radius 2 is 1.86 bits per heavy atom. The maximum Gasteiger partial charge on any atom is 0.573 e. The first kappa shape index (κ1) is 19.5. The zero-order valence-corrected chi connectivity index (χ0v) is 12.0. The molecule has 1 aromatic carbocycles. The molecule has 0 fully saturated rings. The van der Waals surface area contributed by atoms with Gasteiger partial charge in [-0.1, -0.05) is 0 Å². The second-order valence-electron chi connectivity index (χ2n) is 3.79. The summed E-state index contributed by atoms with van der Waals surface area (Å²) < 4.78 is 44.3. The number of carbonyl (C=O) groups excluding carboxylic acids is 1. The van der Waals surface area contributed by atoms with Gasteiger partial charge in [-0.05, 0) is 24.3 Å². The summed E-state index contributed by atoms with van der Waals surface area (Å²) in [6.45, 7) is 1.10. The summed E-state index contributed by atoms with van der Waals surface area (Å²) in [6.07, 6.45) is -4.73. The Bertz CT molecular complexity index is 427. The minimum absolute atomic E-state index is 0. The van der Waals surface area contributed by atoms with Crippen LogP contribution in [0.4, 0.5) is 18.9 Å². The van der Waals surface area contributed by atoms with Crippen LogP contribution in [0.5, 0.6) is 5.75 Å². The van der Waals surface area contributed by atoms with Gasteiger partial charge in [0.15, 0.2) is 0 Å². The third kappa shape index (κ3) is 9.11. The number of ether oxygens (including phenoxy) is 2. The Kier molecular flexibility index (Phi) is 8.75. The monoisotopic (exact) mass is 328 g/mol. The highest BCUT2D eigenvalue weighted by molar-refractivity contribution is 5.92. The molecule has 0 heterocycles. The van der Waals surface area contributed by atoms with E-state index in [1.165, 1.54) is 12.1 Å². The molecule has 0 aliphatic carbocycles. The van der Waals surface area contributed by atoms with Crippen molar-refractivity contribution >= 4 is 24.0 Å². The number of amides is 1. The molecule has 9 heteroatoms. The van der Waals surface area contributed by atoms with Crippen molar-refractivity contribution in [1.82, 2.24) is 5.32 Å². The van der Waals surface area contributed by atoms with Crippen molar-refractivity contribution < 1.29 is 27.4 Å². The number of alkyl halides is 3. The Balaban J connectivity index is 0.00000400. The Morgan fingerprint density at radius 1 is 1.24 bits per heavy atom. The molecule has 1 rings (SSSR count). The lowest BCUT2D eigenvalue weighted by molar-refractivity contribution is -0.274.